The summed E-state index contributed by atoms with van der Waals surface area (Å²) < 4.78 is 27.4. The molecule has 2 fully saturated rings. The van der Waals surface area contributed by atoms with E-state index < -0.39 is 16.3 Å². The molecule has 0 spiro atoms. The predicted molar refractivity (Wildman–Crippen MR) is 55.5 cm³/mol. The molecule has 0 aromatic heterocycles. The summed E-state index contributed by atoms with van der Waals surface area (Å²) in [7, 11) is -1.92. The zero-order chi connectivity index (χ0) is 11.1. The Bertz CT molecular complexity index is 328. The first-order chi connectivity index (χ1) is 7.00. The largest absolute Gasteiger partial charge is 0.390 e. The zero-order valence-corrected chi connectivity index (χ0v) is 9.50. The Morgan fingerprint density at radius 2 is 2.07 bits per heavy atom. The van der Waals surface area contributed by atoms with Gasteiger partial charge in [-0.1, -0.05) is 0 Å². The van der Waals surface area contributed by atoms with Crippen molar-refractivity contribution in [2.45, 2.75) is 31.0 Å². The normalized spacial score (nSPS) is 32.5. The van der Waals surface area contributed by atoms with Crippen molar-refractivity contribution in [2.24, 2.45) is 0 Å². The molecule has 2 rings (SSSR count). The van der Waals surface area contributed by atoms with Crippen LogP contribution in [0.1, 0.15) is 12.8 Å². The lowest BCUT2D eigenvalue weighted by Gasteiger charge is -2.25. The number of likely N-dealkylation sites (N-methyl/N-ethyl adjacent to an activating group) is 1. The number of aliphatic hydroxyl groups is 1. The molecule has 1 saturated carbocycles. The number of aliphatic hydroxyl groups excluding tert-OH is 1. The Morgan fingerprint density at radius 1 is 1.40 bits per heavy atom. The van der Waals surface area contributed by atoms with Crippen molar-refractivity contribution >= 4 is 10.2 Å². The first-order valence-corrected chi connectivity index (χ1v) is 6.59. The highest BCUT2D eigenvalue weighted by Crippen LogP contribution is 2.21. The van der Waals surface area contributed by atoms with E-state index in [1.807, 2.05) is 0 Å². The summed E-state index contributed by atoms with van der Waals surface area (Å²) in [5.74, 6) is 0. The molecule has 0 aromatic carbocycles. The van der Waals surface area contributed by atoms with E-state index in [1.54, 1.807) is 0 Å². The molecule has 3 N–H and O–H groups in total. The van der Waals surface area contributed by atoms with Crippen LogP contribution in [0.5, 0.6) is 0 Å². The number of β-amino-alcohol motifs (C(OH)–C–C–N with tert-alkyl or cyclic N) is 1. The van der Waals surface area contributed by atoms with Crippen molar-refractivity contribution in [3.63, 3.8) is 0 Å². The van der Waals surface area contributed by atoms with E-state index in [0.29, 0.717) is 13.1 Å². The average Bonchev–Trinajstić information content (AvgIpc) is 2.84. The molecular weight excluding hydrogens is 218 g/mol. The highest BCUT2D eigenvalue weighted by molar-refractivity contribution is 7.87. The second-order valence-corrected chi connectivity index (χ2v) is 5.97. The maximum atomic E-state index is 11.8. The minimum atomic E-state index is -3.43. The van der Waals surface area contributed by atoms with Gasteiger partial charge in [0.2, 0.25) is 0 Å². The van der Waals surface area contributed by atoms with E-state index in [0.717, 1.165) is 12.8 Å². The third kappa shape index (κ3) is 2.48. The van der Waals surface area contributed by atoms with Gasteiger partial charge in [-0.25, -0.2) is 0 Å². The number of hydrogen-bond donors (Lipinski definition) is 3. The van der Waals surface area contributed by atoms with Crippen LogP contribution in [0.2, 0.25) is 0 Å². The minimum Gasteiger partial charge on any atom is -0.390 e. The van der Waals surface area contributed by atoms with Gasteiger partial charge in [0.25, 0.3) is 10.2 Å². The SMILES string of the molecule is CN([C@H]1CNC[C@@H]1O)S(=O)(=O)NC1CC1. The van der Waals surface area contributed by atoms with Gasteiger partial charge >= 0.3 is 0 Å². The van der Waals surface area contributed by atoms with E-state index in [4.69, 9.17) is 0 Å². The van der Waals surface area contributed by atoms with Crippen LogP contribution in [-0.2, 0) is 10.2 Å². The van der Waals surface area contributed by atoms with Gasteiger partial charge in [-0.15, -0.1) is 0 Å². The van der Waals surface area contributed by atoms with Gasteiger partial charge in [-0.05, 0) is 12.8 Å². The highest BCUT2D eigenvalue weighted by atomic mass is 32.2. The molecule has 2 aliphatic rings. The van der Waals surface area contributed by atoms with E-state index >= 15 is 0 Å². The Hall–Kier alpha value is -0.210. The summed E-state index contributed by atoms with van der Waals surface area (Å²) >= 11 is 0. The second kappa shape index (κ2) is 3.99. The Balaban J connectivity index is 2.01. The van der Waals surface area contributed by atoms with Gasteiger partial charge in [-0.2, -0.15) is 17.4 Å². The molecule has 0 radical (unpaired) electrons. The van der Waals surface area contributed by atoms with Crippen LogP contribution in [0.15, 0.2) is 0 Å². The molecular formula is C8H17N3O3S. The molecule has 1 heterocycles. The lowest BCUT2D eigenvalue weighted by Crippen LogP contribution is -2.49. The van der Waals surface area contributed by atoms with E-state index in [2.05, 4.69) is 10.0 Å². The fourth-order valence-corrected chi connectivity index (χ4v) is 3.09. The number of nitrogens with one attached hydrogen (secondary N) is 2. The van der Waals surface area contributed by atoms with Gasteiger partial charge in [0.05, 0.1) is 12.1 Å². The smallest absolute Gasteiger partial charge is 0.279 e. The van der Waals surface area contributed by atoms with E-state index in [9.17, 15) is 13.5 Å². The summed E-state index contributed by atoms with van der Waals surface area (Å²) in [5, 5.41) is 12.5. The van der Waals surface area contributed by atoms with Crippen molar-refractivity contribution in [3.05, 3.63) is 0 Å². The van der Waals surface area contributed by atoms with Gasteiger partial charge in [0, 0.05) is 26.2 Å². The summed E-state index contributed by atoms with van der Waals surface area (Å²) in [5.41, 5.74) is 0. The molecule has 15 heavy (non-hydrogen) atoms. The third-order valence-corrected chi connectivity index (χ3v) is 4.55. The summed E-state index contributed by atoms with van der Waals surface area (Å²) in [6.45, 7) is 0.956. The quantitative estimate of drug-likeness (QED) is 0.539. The Kier molecular flexibility index (Phi) is 3.00. The molecule has 0 aromatic rings. The van der Waals surface area contributed by atoms with Gasteiger partial charge < -0.3 is 10.4 Å². The lowest BCUT2D eigenvalue weighted by atomic mass is 10.2. The van der Waals surface area contributed by atoms with E-state index in [-0.39, 0.29) is 12.1 Å². The van der Waals surface area contributed by atoms with Crippen LogP contribution in [0.4, 0.5) is 0 Å². The van der Waals surface area contributed by atoms with Crippen LogP contribution < -0.4 is 10.0 Å². The molecule has 1 aliphatic heterocycles. The van der Waals surface area contributed by atoms with Crippen LogP contribution in [0.25, 0.3) is 0 Å². The Morgan fingerprint density at radius 3 is 2.53 bits per heavy atom. The third-order valence-electron chi connectivity index (χ3n) is 2.89. The van der Waals surface area contributed by atoms with Crippen molar-refractivity contribution in [1.82, 2.24) is 14.3 Å². The molecule has 1 saturated heterocycles. The number of hydrogen-bond acceptors (Lipinski definition) is 4. The first kappa shape index (κ1) is 11.3. The molecule has 2 atom stereocenters. The predicted octanol–water partition coefficient (Wildman–Crippen LogP) is -1.75. The van der Waals surface area contributed by atoms with E-state index in [1.165, 1.54) is 11.4 Å². The molecule has 0 bridgehead atoms. The van der Waals surface area contributed by atoms with Crippen LogP contribution >= 0.6 is 0 Å². The second-order valence-electron chi connectivity index (χ2n) is 4.21. The summed E-state index contributed by atoms with van der Waals surface area (Å²) in [6.07, 6.45) is 1.21. The summed E-state index contributed by atoms with van der Waals surface area (Å²) in [4.78, 5) is 0. The molecule has 1 aliphatic carbocycles. The van der Waals surface area contributed by atoms with Crippen molar-refractivity contribution in [3.8, 4) is 0 Å². The summed E-state index contributed by atoms with van der Waals surface area (Å²) in [6, 6.07) is -0.259. The minimum absolute atomic E-state index is 0.101. The van der Waals surface area contributed by atoms with Crippen LogP contribution in [0.3, 0.4) is 0 Å². The number of nitrogens with zero attached hydrogens (tertiary/aromatic N) is 1. The van der Waals surface area contributed by atoms with Gasteiger partial charge in [0.1, 0.15) is 0 Å². The van der Waals surface area contributed by atoms with Crippen LogP contribution in [0, 0.1) is 0 Å². The molecule has 7 heteroatoms. The standard InChI is InChI=1S/C8H17N3O3S/c1-11(7-4-9-5-8(7)12)15(13,14)10-6-2-3-6/h6-10,12H,2-5H2,1H3/t7-,8-/m0/s1. The maximum Gasteiger partial charge on any atom is 0.279 e. The average molecular weight is 235 g/mol. The fraction of sp³-hybridized carbons (Fsp3) is 1.00. The van der Waals surface area contributed by atoms with Crippen molar-refractivity contribution in [1.29, 1.82) is 0 Å². The Labute approximate surface area is 89.8 Å². The molecule has 0 unspecified atom stereocenters. The molecule has 6 nitrogen and oxygen atoms in total. The highest BCUT2D eigenvalue weighted by Gasteiger charge is 2.37. The fourth-order valence-electron chi connectivity index (χ4n) is 1.70. The van der Waals surface area contributed by atoms with Crippen LogP contribution in [-0.4, -0.2) is 56.2 Å². The zero-order valence-electron chi connectivity index (χ0n) is 8.68. The maximum absolute atomic E-state index is 11.8. The molecule has 0 amide bonds. The lowest BCUT2D eigenvalue weighted by molar-refractivity contribution is 0.136. The van der Waals surface area contributed by atoms with Crippen molar-refractivity contribution in [2.75, 3.05) is 20.1 Å². The van der Waals surface area contributed by atoms with Crippen molar-refractivity contribution < 1.29 is 13.5 Å². The number of rotatable bonds is 4. The first-order valence-electron chi connectivity index (χ1n) is 5.15. The van der Waals surface area contributed by atoms with Gasteiger partial charge in [0.15, 0.2) is 0 Å². The topological polar surface area (TPSA) is 81.7 Å². The molecule has 88 valence electrons. The van der Waals surface area contributed by atoms with Gasteiger partial charge in [-0.3, -0.25) is 0 Å². The monoisotopic (exact) mass is 235 g/mol.